The average Bonchev–Trinajstić information content (AvgIpc) is 3.40. The number of aliphatic hydroxyl groups is 2. The van der Waals surface area contributed by atoms with E-state index in [0.29, 0.717) is 17.9 Å². The Balaban J connectivity index is 2.13. The summed E-state index contributed by atoms with van der Waals surface area (Å²) < 4.78 is 5.69. The fourth-order valence-electron chi connectivity index (χ4n) is 4.04. The number of hydrogen-bond acceptors (Lipinski definition) is 4. The number of ether oxygens (including phenoxy) is 1. The molecule has 0 saturated carbocycles. The van der Waals surface area contributed by atoms with Crippen molar-refractivity contribution in [3.63, 3.8) is 0 Å². The summed E-state index contributed by atoms with van der Waals surface area (Å²) in [5.74, 6) is 0.608. The van der Waals surface area contributed by atoms with Gasteiger partial charge in [-0.15, -0.1) is 0 Å². The molecule has 6 N–H and O–H groups in total. The zero-order valence-corrected chi connectivity index (χ0v) is 18.0. The van der Waals surface area contributed by atoms with Crippen LogP contribution in [0.3, 0.4) is 0 Å². The van der Waals surface area contributed by atoms with Crippen LogP contribution in [0.15, 0.2) is 30.3 Å². The molecule has 0 saturated heterocycles. The lowest BCUT2D eigenvalue weighted by Gasteiger charge is -1.99. The summed E-state index contributed by atoms with van der Waals surface area (Å²) in [7, 11) is 1.61. The van der Waals surface area contributed by atoms with Crippen molar-refractivity contribution < 1.29 is 14.9 Å². The van der Waals surface area contributed by atoms with Crippen LogP contribution in [-0.4, -0.2) is 45.4 Å². The van der Waals surface area contributed by atoms with Crippen LogP contribution in [-0.2, 0) is 6.61 Å². The van der Waals surface area contributed by atoms with Crippen LogP contribution >= 0.6 is 0 Å². The Morgan fingerprint density at radius 3 is 2.55 bits per heavy atom. The molecule has 0 spiro atoms. The Hall–Kier alpha value is -3.42. The molecule has 4 aromatic rings. The van der Waals surface area contributed by atoms with Crippen LogP contribution in [0.1, 0.15) is 22.5 Å². The fraction of sp³-hybridized carbons (Fsp3) is 0.250. The highest BCUT2D eigenvalue weighted by Crippen LogP contribution is 2.17. The van der Waals surface area contributed by atoms with Crippen LogP contribution in [0.25, 0.3) is 23.2 Å². The average molecular weight is 421 g/mol. The van der Waals surface area contributed by atoms with Crippen molar-refractivity contribution in [3.05, 3.63) is 74.1 Å². The van der Waals surface area contributed by atoms with E-state index in [0.717, 1.165) is 49.1 Å². The molecule has 7 heteroatoms. The maximum absolute atomic E-state index is 10.2. The van der Waals surface area contributed by atoms with E-state index in [1.807, 2.05) is 43.5 Å². The predicted molar refractivity (Wildman–Crippen MR) is 122 cm³/mol. The number of aryl methyl sites for hydroxylation is 2. The van der Waals surface area contributed by atoms with Crippen molar-refractivity contribution >= 4 is 23.2 Å². The SMILES string of the molecule is COc1c(CO)/c(=c2/[nH]c3ccccc3c2=CNCCO)[nH]c1=Cc1[nH]c(C)cc1C. The molecule has 0 fully saturated rings. The molecule has 0 bridgehead atoms. The van der Waals surface area contributed by atoms with Gasteiger partial charge in [0, 0.05) is 45.8 Å². The lowest BCUT2D eigenvalue weighted by atomic mass is 10.2. The summed E-state index contributed by atoms with van der Waals surface area (Å²) in [5, 5.41) is 26.9. The third kappa shape index (κ3) is 3.85. The number of aliphatic hydroxyl groups excluding tert-OH is 2. The van der Waals surface area contributed by atoms with Gasteiger partial charge in [-0.25, -0.2) is 0 Å². The van der Waals surface area contributed by atoms with Crippen molar-refractivity contribution in [2.24, 2.45) is 0 Å². The van der Waals surface area contributed by atoms with Gasteiger partial charge in [-0.05, 0) is 37.6 Å². The predicted octanol–water partition coefficient (Wildman–Crippen LogP) is 1.38. The molecule has 31 heavy (non-hydrogen) atoms. The first-order valence-corrected chi connectivity index (χ1v) is 10.3. The second-order valence-electron chi connectivity index (χ2n) is 7.56. The number of aromatic nitrogens is 3. The highest BCUT2D eigenvalue weighted by atomic mass is 16.5. The molecule has 7 nitrogen and oxygen atoms in total. The normalized spacial score (nSPS) is 14.0. The quantitative estimate of drug-likeness (QED) is 0.265. The lowest BCUT2D eigenvalue weighted by Crippen LogP contribution is -2.16. The molecule has 3 aromatic heterocycles. The van der Waals surface area contributed by atoms with Gasteiger partial charge >= 0.3 is 0 Å². The molecule has 4 rings (SSSR count). The van der Waals surface area contributed by atoms with Gasteiger partial charge in [0.2, 0.25) is 0 Å². The number of para-hydroxylation sites is 1. The Bertz CT molecular complexity index is 1430. The van der Waals surface area contributed by atoms with Gasteiger partial charge in [0.15, 0.2) is 0 Å². The van der Waals surface area contributed by atoms with E-state index in [2.05, 4.69) is 33.3 Å². The molecule has 0 unspecified atom stereocenters. The van der Waals surface area contributed by atoms with E-state index < -0.39 is 0 Å². The molecule has 0 aliphatic heterocycles. The minimum atomic E-state index is -0.176. The summed E-state index contributed by atoms with van der Waals surface area (Å²) in [4.78, 5) is 10.3. The summed E-state index contributed by atoms with van der Waals surface area (Å²) in [6.45, 7) is 4.39. The van der Waals surface area contributed by atoms with Crippen LogP contribution in [0, 0.1) is 24.5 Å². The first-order valence-electron chi connectivity index (χ1n) is 10.3. The highest BCUT2D eigenvalue weighted by molar-refractivity contribution is 5.80. The second kappa shape index (κ2) is 8.75. The first-order chi connectivity index (χ1) is 15.1. The summed E-state index contributed by atoms with van der Waals surface area (Å²) in [5.41, 5.74) is 4.86. The maximum Gasteiger partial charge on any atom is 0.150 e. The van der Waals surface area contributed by atoms with Gasteiger partial charge in [-0.2, -0.15) is 0 Å². The second-order valence-corrected chi connectivity index (χ2v) is 7.56. The van der Waals surface area contributed by atoms with Crippen LogP contribution < -0.4 is 20.6 Å². The van der Waals surface area contributed by atoms with Crippen molar-refractivity contribution in [2.75, 3.05) is 20.3 Å². The molecular weight excluding hydrogens is 392 g/mol. The minimum absolute atomic E-state index is 0.0421. The van der Waals surface area contributed by atoms with Gasteiger partial charge in [0.25, 0.3) is 0 Å². The Morgan fingerprint density at radius 1 is 1.06 bits per heavy atom. The molecule has 162 valence electrons. The molecule has 0 radical (unpaired) electrons. The number of rotatable bonds is 6. The van der Waals surface area contributed by atoms with E-state index in [4.69, 9.17) is 9.84 Å². The molecule has 0 amide bonds. The molecule has 0 atom stereocenters. The maximum atomic E-state index is 10.2. The molecular formula is C24H28N4O3. The number of hydrogen-bond donors (Lipinski definition) is 6. The highest BCUT2D eigenvalue weighted by Gasteiger charge is 2.12. The third-order valence-corrected chi connectivity index (χ3v) is 5.42. The van der Waals surface area contributed by atoms with Gasteiger partial charge in [0.05, 0.1) is 36.4 Å². The fourth-order valence-corrected chi connectivity index (χ4v) is 4.04. The number of H-pyrrole nitrogens is 3. The van der Waals surface area contributed by atoms with E-state index in [9.17, 15) is 5.11 Å². The molecule has 3 heterocycles. The smallest absolute Gasteiger partial charge is 0.150 e. The number of fused-ring (bicyclic) bond motifs is 1. The summed E-state index contributed by atoms with van der Waals surface area (Å²) in [6.07, 6.45) is 3.89. The zero-order chi connectivity index (χ0) is 22.0. The standard InChI is InChI=1S/C24H28N4O3/c1-14-10-15(2)26-20(14)11-21-24(31-3)18(13-30)23(28-21)22-17(12-25-8-9-29)16-6-4-5-7-19(16)27-22/h4-7,10-12,25-30H,8-9,13H2,1-3H3/b17-12?,21-11?,23-22-. The van der Waals surface area contributed by atoms with E-state index >= 15 is 0 Å². The van der Waals surface area contributed by atoms with E-state index in [-0.39, 0.29) is 13.2 Å². The molecule has 0 aliphatic carbocycles. The van der Waals surface area contributed by atoms with Crippen molar-refractivity contribution in [1.82, 2.24) is 20.3 Å². The van der Waals surface area contributed by atoms with E-state index in [1.165, 1.54) is 0 Å². The van der Waals surface area contributed by atoms with E-state index in [1.54, 1.807) is 7.11 Å². The van der Waals surface area contributed by atoms with Crippen molar-refractivity contribution in [3.8, 4) is 5.75 Å². The molecule has 1 aromatic carbocycles. The Morgan fingerprint density at radius 2 is 1.87 bits per heavy atom. The Kier molecular flexibility index (Phi) is 5.88. The Labute approximate surface area is 179 Å². The van der Waals surface area contributed by atoms with Crippen molar-refractivity contribution in [1.29, 1.82) is 0 Å². The van der Waals surface area contributed by atoms with Crippen LogP contribution in [0.5, 0.6) is 5.75 Å². The largest absolute Gasteiger partial charge is 0.494 e. The zero-order valence-electron chi connectivity index (χ0n) is 18.0. The monoisotopic (exact) mass is 420 g/mol. The summed E-state index contributed by atoms with van der Waals surface area (Å²) in [6, 6.07) is 10.1. The molecule has 0 aliphatic rings. The van der Waals surface area contributed by atoms with Crippen molar-refractivity contribution in [2.45, 2.75) is 20.5 Å². The topological polar surface area (TPSA) is 109 Å². The minimum Gasteiger partial charge on any atom is -0.494 e. The van der Waals surface area contributed by atoms with Gasteiger partial charge in [0.1, 0.15) is 5.75 Å². The van der Waals surface area contributed by atoms with Crippen LogP contribution in [0.4, 0.5) is 0 Å². The van der Waals surface area contributed by atoms with Gasteiger partial charge < -0.3 is 35.2 Å². The van der Waals surface area contributed by atoms with Crippen LogP contribution in [0.2, 0.25) is 0 Å². The first kappa shape index (κ1) is 20.8. The number of methoxy groups -OCH3 is 1. The van der Waals surface area contributed by atoms with Gasteiger partial charge in [-0.1, -0.05) is 18.2 Å². The lowest BCUT2D eigenvalue weighted by molar-refractivity contribution is 0.273. The number of aromatic amines is 3. The number of nitrogens with one attached hydrogen (secondary N) is 4. The number of benzene rings is 1. The third-order valence-electron chi connectivity index (χ3n) is 5.42. The van der Waals surface area contributed by atoms with Gasteiger partial charge in [-0.3, -0.25) is 0 Å². The summed E-state index contributed by atoms with van der Waals surface area (Å²) >= 11 is 0.